The molecule has 2 aliphatic heterocycles. The quantitative estimate of drug-likeness (QED) is 0.713. The molecule has 4 rings (SSSR count). The van der Waals surface area contributed by atoms with Gasteiger partial charge in [0.1, 0.15) is 17.1 Å². The molecule has 2 aliphatic rings. The fraction of sp³-hybridized carbons (Fsp3) is 0.360. The van der Waals surface area contributed by atoms with Crippen LogP contribution in [0.1, 0.15) is 46.3 Å². The highest BCUT2D eigenvalue weighted by Gasteiger charge is 2.43. The van der Waals surface area contributed by atoms with Crippen molar-refractivity contribution in [3.05, 3.63) is 64.7 Å². The van der Waals surface area contributed by atoms with Crippen LogP contribution in [0, 0.1) is 13.8 Å². The van der Waals surface area contributed by atoms with Crippen LogP contribution in [0.15, 0.2) is 42.5 Å². The Kier molecular flexibility index (Phi) is 5.37. The number of nitrogens with zero attached hydrogens (tertiary/aromatic N) is 1. The van der Waals surface area contributed by atoms with Crippen molar-refractivity contribution in [2.45, 2.75) is 38.7 Å². The van der Waals surface area contributed by atoms with Crippen LogP contribution in [0.3, 0.4) is 0 Å². The lowest BCUT2D eigenvalue weighted by Crippen LogP contribution is -2.52. The standard InChI is InChI=1S/C25H27NO4/c1-17-14-21-22(27)16-25(30-23(21)15-18(17)2)10-12-26(13-11-25)24(28)9-6-19-4-7-20(29-3)8-5-19/h4-9,14-15H,10-13,16H2,1-3H3/b9-6+. The summed E-state index contributed by atoms with van der Waals surface area (Å²) in [6.45, 7) is 5.20. The van der Waals surface area contributed by atoms with E-state index in [9.17, 15) is 9.59 Å². The van der Waals surface area contributed by atoms with Crippen molar-refractivity contribution in [2.75, 3.05) is 20.2 Å². The van der Waals surface area contributed by atoms with Crippen molar-refractivity contribution in [2.24, 2.45) is 0 Å². The summed E-state index contributed by atoms with van der Waals surface area (Å²) in [5, 5.41) is 0. The summed E-state index contributed by atoms with van der Waals surface area (Å²) in [4.78, 5) is 27.2. The van der Waals surface area contributed by atoms with Gasteiger partial charge in [-0.2, -0.15) is 0 Å². The molecule has 1 fully saturated rings. The number of methoxy groups -OCH3 is 1. The monoisotopic (exact) mass is 405 g/mol. The molecule has 1 saturated heterocycles. The van der Waals surface area contributed by atoms with E-state index in [0.717, 1.165) is 22.4 Å². The van der Waals surface area contributed by atoms with Gasteiger partial charge in [0.15, 0.2) is 5.78 Å². The Morgan fingerprint density at radius 1 is 1.10 bits per heavy atom. The maximum atomic E-state index is 12.8. The number of Topliss-reactive ketones (excluding diaryl/α,β-unsaturated/α-hetero) is 1. The molecule has 156 valence electrons. The Bertz CT molecular complexity index is 999. The predicted octanol–water partition coefficient (Wildman–Crippen LogP) is 4.35. The average molecular weight is 405 g/mol. The second-order valence-corrected chi connectivity index (χ2v) is 8.25. The van der Waals surface area contributed by atoms with Crippen molar-refractivity contribution in [1.82, 2.24) is 4.90 Å². The molecule has 0 aliphatic carbocycles. The molecule has 0 bridgehead atoms. The molecular weight excluding hydrogens is 378 g/mol. The Morgan fingerprint density at radius 3 is 2.43 bits per heavy atom. The zero-order valence-electron chi connectivity index (χ0n) is 17.7. The van der Waals surface area contributed by atoms with Crippen LogP contribution >= 0.6 is 0 Å². The summed E-state index contributed by atoms with van der Waals surface area (Å²) < 4.78 is 11.5. The number of carbonyl (C=O) groups excluding carboxylic acids is 2. The molecular formula is C25H27NO4. The minimum absolute atomic E-state index is 0.0188. The van der Waals surface area contributed by atoms with Crippen LogP contribution in [-0.4, -0.2) is 42.4 Å². The Labute approximate surface area is 177 Å². The smallest absolute Gasteiger partial charge is 0.246 e. The van der Waals surface area contributed by atoms with Crippen LogP contribution in [0.2, 0.25) is 0 Å². The number of fused-ring (bicyclic) bond motifs is 1. The van der Waals surface area contributed by atoms with E-state index in [1.165, 1.54) is 0 Å². The van der Waals surface area contributed by atoms with Gasteiger partial charge < -0.3 is 14.4 Å². The third-order valence-electron chi connectivity index (χ3n) is 6.23. The highest BCUT2D eigenvalue weighted by Crippen LogP contribution is 2.40. The number of carbonyl (C=O) groups is 2. The third-order valence-corrected chi connectivity index (χ3v) is 6.23. The summed E-state index contributed by atoms with van der Waals surface area (Å²) >= 11 is 0. The summed E-state index contributed by atoms with van der Waals surface area (Å²) in [7, 11) is 1.63. The van der Waals surface area contributed by atoms with Crippen LogP contribution in [0.4, 0.5) is 0 Å². The zero-order valence-corrected chi connectivity index (χ0v) is 17.7. The topological polar surface area (TPSA) is 55.8 Å². The van der Waals surface area contributed by atoms with E-state index in [1.807, 2.05) is 61.2 Å². The zero-order chi connectivity index (χ0) is 21.3. The van der Waals surface area contributed by atoms with Gasteiger partial charge in [-0.1, -0.05) is 12.1 Å². The summed E-state index contributed by atoms with van der Waals surface area (Å²) in [5.74, 6) is 1.59. The molecule has 5 heteroatoms. The number of hydrogen-bond donors (Lipinski definition) is 0. The molecule has 0 saturated carbocycles. The highest BCUT2D eigenvalue weighted by atomic mass is 16.5. The van der Waals surface area contributed by atoms with E-state index in [-0.39, 0.29) is 11.7 Å². The molecule has 0 radical (unpaired) electrons. The lowest BCUT2D eigenvalue weighted by molar-refractivity contribution is -0.129. The van der Waals surface area contributed by atoms with Gasteiger partial charge in [0, 0.05) is 32.0 Å². The Balaban J connectivity index is 1.40. The summed E-state index contributed by atoms with van der Waals surface area (Å²) in [6, 6.07) is 11.5. The molecule has 2 aromatic rings. The number of piperidine rings is 1. The van der Waals surface area contributed by atoms with Crippen molar-refractivity contribution in [3.8, 4) is 11.5 Å². The Hall–Kier alpha value is -3.08. The van der Waals surface area contributed by atoms with Crippen LogP contribution in [0.5, 0.6) is 11.5 Å². The fourth-order valence-corrected chi connectivity index (χ4v) is 4.15. The maximum Gasteiger partial charge on any atom is 0.246 e. The van der Waals surface area contributed by atoms with Gasteiger partial charge in [0.05, 0.1) is 19.1 Å². The SMILES string of the molecule is COc1ccc(/C=C/C(=O)N2CCC3(CC2)CC(=O)c2cc(C)c(C)cc2O3)cc1. The summed E-state index contributed by atoms with van der Waals surface area (Å²) in [6.07, 6.45) is 5.12. The van der Waals surface area contributed by atoms with E-state index < -0.39 is 5.60 Å². The minimum Gasteiger partial charge on any atom is -0.497 e. The molecule has 1 spiro atoms. The van der Waals surface area contributed by atoms with Crippen molar-refractivity contribution in [3.63, 3.8) is 0 Å². The number of benzene rings is 2. The van der Waals surface area contributed by atoms with Crippen molar-refractivity contribution >= 4 is 17.8 Å². The molecule has 30 heavy (non-hydrogen) atoms. The van der Waals surface area contributed by atoms with Gasteiger partial charge >= 0.3 is 0 Å². The first-order valence-electron chi connectivity index (χ1n) is 10.3. The normalized spacial score (nSPS) is 17.7. The summed E-state index contributed by atoms with van der Waals surface area (Å²) in [5.41, 5.74) is 3.36. The number of rotatable bonds is 3. The van der Waals surface area contributed by atoms with E-state index in [2.05, 4.69) is 0 Å². The van der Waals surface area contributed by atoms with Crippen LogP contribution in [0.25, 0.3) is 6.08 Å². The molecule has 0 N–H and O–H groups in total. The lowest BCUT2D eigenvalue weighted by Gasteiger charge is -2.44. The van der Waals surface area contributed by atoms with Gasteiger partial charge in [-0.25, -0.2) is 0 Å². The number of aryl methyl sites for hydroxylation is 2. The Morgan fingerprint density at radius 2 is 1.77 bits per heavy atom. The van der Waals surface area contributed by atoms with Gasteiger partial charge in [-0.05, 0) is 60.9 Å². The second-order valence-electron chi connectivity index (χ2n) is 8.25. The van der Waals surface area contributed by atoms with E-state index in [0.29, 0.717) is 43.7 Å². The van der Waals surface area contributed by atoms with Crippen molar-refractivity contribution < 1.29 is 19.1 Å². The molecule has 1 amide bonds. The highest BCUT2D eigenvalue weighted by molar-refractivity contribution is 6.00. The first-order valence-corrected chi connectivity index (χ1v) is 10.3. The first kappa shape index (κ1) is 20.2. The van der Waals surface area contributed by atoms with Crippen LogP contribution < -0.4 is 9.47 Å². The molecule has 0 aromatic heterocycles. The number of ether oxygens (including phenoxy) is 2. The predicted molar refractivity (Wildman–Crippen MR) is 116 cm³/mol. The molecule has 2 heterocycles. The van der Waals surface area contributed by atoms with Gasteiger partial charge in [0.25, 0.3) is 0 Å². The molecule has 0 atom stereocenters. The van der Waals surface area contributed by atoms with Crippen LogP contribution in [-0.2, 0) is 4.79 Å². The second kappa shape index (κ2) is 7.98. The van der Waals surface area contributed by atoms with E-state index in [1.54, 1.807) is 13.2 Å². The first-order chi connectivity index (χ1) is 14.4. The molecule has 2 aromatic carbocycles. The fourth-order valence-electron chi connectivity index (χ4n) is 4.15. The number of ketones is 1. The average Bonchev–Trinajstić information content (AvgIpc) is 2.74. The van der Waals surface area contributed by atoms with E-state index >= 15 is 0 Å². The number of amides is 1. The molecule has 0 unspecified atom stereocenters. The van der Waals surface area contributed by atoms with Gasteiger partial charge in [-0.3, -0.25) is 9.59 Å². The van der Waals surface area contributed by atoms with Gasteiger partial charge in [-0.15, -0.1) is 0 Å². The minimum atomic E-state index is -0.498. The van der Waals surface area contributed by atoms with Crippen molar-refractivity contribution in [1.29, 1.82) is 0 Å². The number of hydrogen-bond acceptors (Lipinski definition) is 4. The molecule has 5 nitrogen and oxygen atoms in total. The number of likely N-dealkylation sites (tertiary alicyclic amines) is 1. The maximum absolute atomic E-state index is 12.8. The van der Waals surface area contributed by atoms with E-state index in [4.69, 9.17) is 9.47 Å². The third kappa shape index (κ3) is 3.97. The largest absolute Gasteiger partial charge is 0.497 e. The lowest BCUT2D eigenvalue weighted by atomic mass is 9.82. The van der Waals surface area contributed by atoms with Gasteiger partial charge in [0.2, 0.25) is 5.91 Å².